The fourth-order valence-electron chi connectivity index (χ4n) is 2.36. The predicted octanol–water partition coefficient (Wildman–Crippen LogP) is 0.504. The van der Waals surface area contributed by atoms with Crippen LogP contribution in [0.4, 0.5) is 0 Å². The molecule has 0 atom stereocenters. The molecular formula is C14H20N4O2. The van der Waals surface area contributed by atoms with Gasteiger partial charge in [-0.25, -0.2) is 4.98 Å². The van der Waals surface area contributed by atoms with Crippen molar-refractivity contribution in [3.8, 4) is 5.75 Å². The van der Waals surface area contributed by atoms with Crippen molar-refractivity contribution in [2.75, 3.05) is 39.5 Å². The van der Waals surface area contributed by atoms with Crippen LogP contribution in [-0.2, 0) is 11.3 Å². The van der Waals surface area contributed by atoms with Gasteiger partial charge >= 0.3 is 0 Å². The smallest absolute Gasteiger partial charge is 0.179 e. The summed E-state index contributed by atoms with van der Waals surface area (Å²) in [5.41, 5.74) is 7.32. The van der Waals surface area contributed by atoms with Crippen molar-refractivity contribution in [3.63, 3.8) is 0 Å². The van der Waals surface area contributed by atoms with Gasteiger partial charge in [0, 0.05) is 38.6 Å². The Labute approximate surface area is 118 Å². The Balaban J connectivity index is 1.63. The second-order valence-electron chi connectivity index (χ2n) is 4.84. The Morgan fingerprint density at radius 2 is 2.20 bits per heavy atom. The summed E-state index contributed by atoms with van der Waals surface area (Å²) in [6.07, 6.45) is 3.89. The molecule has 2 aromatic heterocycles. The molecule has 0 aliphatic carbocycles. The monoisotopic (exact) mass is 276 g/mol. The van der Waals surface area contributed by atoms with Crippen molar-refractivity contribution in [1.82, 2.24) is 14.3 Å². The second-order valence-corrected chi connectivity index (χ2v) is 4.84. The Bertz CT molecular complexity index is 563. The summed E-state index contributed by atoms with van der Waals surface area (Å²) in [4.78, 5) is 6.82. The molecule has 0 bridgehead atoms. The highest BCUT2D eigenvalue weighted by Crippen LogP contribution is 2.18. The van der Waals surface area contributed by atoms with Gasteiger partial charge in [-0.05, 0) is 12.1 Å². The number of rotatable bonds is 5. The van der Waals surface area contributed by atoms with Gasteiger partial charge in [0.15, 0.2) is 11.4 Å². The molecule has 0 spiro atoms. The van der Waals surface area contributed by atoms with E-state index >= 15 is 0 Å². The van der Waals surface area contributed by atoms with Crippen LogP contribution in [0.3, 0.4) is 0 Å². The van der Waals surface area contributed by atoms with Gasteiger partial charge in [-0.3, -0.25) is 4.90 Å². The molecule has 108 valence electrons. The fourth-order valence-corrected chi connectivity index (χ4v) is 2.36. The van der Waals surface area contributed by atoms with Crippen LogP contribution in [0.25, 0.3) is 5.65 Å². The van der Waals surface area contributed by atoms with Crippen LogP contribution < -0.4 is 10.5 Å². The van der Waals surface area contributed by atoms with Gasteiger partial charge in [-0.1, -0.05) is 0 Å². The first-order valence-electron chi connectivity index (χ1n) is 6.96. The Morgan fingerprint density at radius 1 is 1.35 bits per heavy atom. The topological polar surface area (TPSA) is 65.0 Å². The maximum atomic E-state index is 5.87. The number of morpholine rings is 1. The molecule has 3 heterocycles. The minimum absolute atomic E-state index is 0.439. The molecule has 0 aromatic carbocycles. The minimum Gasteiger partial charge on any atom is -0.488 e. The maximum absolute atomic E-state index is 5.87. The lowest BCUT2D eigenvalue weighted by Crippen LogP contribution is -2.38. The third-order valence-corrected chi connectivity index (χ3v) is 3.47. The van der Waals surface area contributed by atoms with Crippen LogP contribution in [0, 0.1) is 0 Å². The van der Waals surface area contributed by atoms with Crippen molar-refractivity contribution < 1.29 is 9.47 Å². The zero-order valence-corrected chi connectivity index (χ0v) is 11.5. The molecule has 1 saturated heterocycles. The van der Waals surface area contributed by atoms with E-state index in [0.717, 1.165) is 49.9 Å². The number of nitrogens with zero attached hydrogens (tertiary/aromatic N) is 3. The maximum Gasteiger partial charge on any atom is 0.179 e. The lowest BCUT2D eigenvalue weighted by Gasteiger charge is -2.26. The van der Waals surface area contributed by atoms with E-state index in [1.54, 1.807) is 0 Å². The number of ether oxygens (including phenoxy) is 2. The highest BCUT2D eigenvalue weighted by Gasteiger charge is 2.11. The molecule has 1 fully saturated rings. The Morgan fingerprint density at radius 3 is 3.00 bits per heavy atom. The number of aromatic nitrogens is 2. The van der Waals surface area contributed by atoms with Gasteiger partial charge in [-0.15, -0.1) is 0 Å². The van der Waals surface area contributed by atoms with E-state index < -0.39 is 0 Å². The second kappa shape index (κ2) is 6.21. The lowest BCUT2D eigenvalue weighted by atomic mass is 10.4. The highest BCUT2D eigenvalue weighted by atomic mass is 16.5. The summed E-state index contributed by atoms with van der Waals surface area (Å²) in [5.74, 6) is 0.806. The normalized spacial score (nSPS) is 16.6. The van der Waals surface area contributed by atoms with Gasteiger partial charge in [-0.2, -0.15) is 0 Å². The molecule has 2 aromatic rings. The molecule has 1 aliphatic rings. The molecule has 2 N–H and O–H groups in total. The summed E-state index contributed by atoms with van der Waals surface area (Å²) in [6.45, 7) is 5.60. The molecular weight excluding hydrogens is 256 g/mol. The quantitative estimate of drug-likeness (QED) is 0.861. The predicted molar refractivity (Wildman–Crippen MR) is 75.8 cm³/mol. The third-order valence-electron chi connectivity index (χ3n) is 3.47. The number of fused-ring (bicyclic) bond motifs is 1. The molecule has 6 nitrogen and oxygen atoms in total. The Kier molecular flexibility index (Phi) is 4.15. The number of nitrogens with two attached hydrogens (primary N) is 1. The summed E-state index contributed by atoms with van der Waals surface area (Å²) >= 11 is 0. The summed E-state index contributed by atoms with van der Waals surface area (Å²) in [5, 5.41) is 0. The molecule has 0 unspecified atom stereocenters. The van der Waals surface area contributed by atoms with Crippen molar-refractivity contribution in [2.45, 2.75) is 6.54 Å². The van der Waals surface area contributed by atoms with Gasteiger partial charge < -0.3 is 19.6 Å². The largest absolute Gasteiger partial charge is 0.488 e. The van der Waals surface area contributed by atoms with Crippen molar-refractivity contribution >= 4 is 5.65 Å². The van der Waals surface area contributed by atoms with Gasteiger partial charge in [0.25, 0.3) is 0 Å². The Hall–Kier alpha value is -1.63. The summed E-state index contributed by atoms with van der Waals surface area (Å²) < 4.78 is 13.2. The van der Waals surface area contributed by atoms with Gasteiger partial charge in [0.2, 0.25) is 0 Å². The van der Waals surface area contributed by atoms with E-state index in [4.69, 9.17) is 15.2 Å². The van der Waals surface area contributed by atoms with E-state index in [2.05, 4.69) is 9.88 Å². The van der Waals surface area contributed by atoms with Crippen LogP contribution in [0.1, 0.15) is 5.69 Å². The third kappa shape index (κ3) is 2.92. The van der Waals surface area contributed by atoms with Crippen LogP contribution in [0.5, 0.6) is 5.75 Å². The molecule has 20 heavy (non-hydrogen) atoms. The zero-order valence-electron chi connectivity index (χ0n) is 11.5. The lowest BCUT2D eigenvalue weighted by molar-refractivity contribution is 0.0323. The van der Waals surface area contributed by atoms with Crippen molar-refractivity contribution in [2.24, 2.45) is 5.73 Å². The van der Waals surface area contributed by atoms with Crippen LogP contribution >= 0.6 is 0 Å². The van der Waals surface area contributed by atoms with Crippen LogP contribution in [0.15, 0.2) is 24.5 Å². The van der Waals surface area contributed by atoms with E-state index in [9.17, 15) is 0 Å². The van der Waals surface area contributed by atoms with Crippen LogP contribution in [-0.4, -0.2) is 53.7 Å². The molecule has 0 radical (unpaired) electrons. The van der Waals surface area contributed by atoms with Gasteiger partial charge in [0.05, 0.1) is 18.9 Å². The standard InChI is InChI=1S/C14H20N4O2/c15-10-12-11-18-3-1-2-13(14(18)16-12)20-9-6-17-4-7-19-8-5-17/h1-3,11H,4-10,15H2. The SMILES string of the molecule is NCc1cn2cccc(OCCN3CCOCC3)c2n1. The first-order chi connectivity index (χ1) is 9.86. The molecule has 0 saturated carbocycles. The van der Waals surface area contributed by atoms with E-state index in [1.807, 2.05) is 28.9 Å². The number of pyridine rings is 1. The zero-order chi connectivity index (χ0) is 13.8. The van der Waals surface area contributed by atoms with Crippen molar-refractivity contribution in [1.29, 1.82) is 0 Å². The molecule has 3 rings (SSSR count). The van der Waals surface area contributed by atoms with E-state index in [1.165, 1.54) is 0 Å². The number of hydrogen-bond donors (Lipinski definition) is 1. The highest BCUT2D eigenvalue weighted by molar-refractivity contribution is 5.54. The van der Waals surface area contributed by atoms with Crippen molar-refractivity contribution in [3.05, 3.63) is 30.2 Å². The number of imidazole rings is 1. The van der Waals surface area contributed by atoms with Crippen LogP contribution in [0.2, 0.25) is 0 Å². The average molecular weight is 276 g/mol. The summed E-state index contributed by atoms with van der Waals surface area (Å²) in [7, 11) is 0. The average Bonchev–Trinajstić information content (AvgIpc) is 2.92. The number of hydrogen-bond acceptors (Lipinski definition) is 5. The fraction of sp³-hybridized carbons (Fsp3) is 0.500. The first kappa shape index (κ1) is 13.4. The molecule has 6 heteroatoms. The summed E-state index contributed by atoms with van der Waals surface area (Å²) in [6, 6.07) is 3.90. The van der Waals surface area contributed by atoms with Gasteiger partial charge in [0.1, 0.15) is 6.61 Å². The first-order valence-corrected chi connectivity index (χ1v) is 6.96. The minimum atomic E-state index is 0.439. The van der Waals surface area contributed by atoms with E-state index in [0.29, 0.717) is 13.2 Å². The molecule has 0 amide bonds. The van der Waals surface area contributed by atoms with E-state index in [-0.39, 0.29) is 0 Å². The molecule has 1 aliphatic heterocycles.